The van der Waals surface area contributed by atoms with E-state index in [1.807, 2.05) is 18.2 Å². The predicted molar refractivity (Wildman–Crippen MR) is 265 cm³/mol. The van der Waals surface area contributed by atoms with Gasteiger partial charge in [-0.1, -0.05) is 146 Å². The maximum absolute atomic E-state index is 5.13. The molecule has 2 heterocycles. The van der Waals surface area contributed by atoms with Crippen molar-refractivity contribution >= 4 is 21.8 Å². The fourth-order valence-corrected chi connectivity index (χ4v) is 13.3. The van der Waals surface area contributed by atoms with Crippen LogP contribution in [0.4, 0.5) is 0 Å². The number of aromatic nitrogens is 4. The van der Waals surface area contributed by atoms with Gasteiger partial charge in [-0.05, 0) is 149 Å². The Morgan fingerprint density at radius 1 is 0.354 bits per heavy atom. The number of para-hydroxylation sites is 2. The highest BCUT2D eigenvalue weighted by molar-refractivity contribution is 6.09. The van der Waals surface area contributed by atoms with E-state index < -0.39 is 0 Å². The van der Waals surface area contributed by atoms with Crippen LogP contribution in [-0.4, -0.2) is 19.5 Å². The molecule has 4 bridgehead atoms. The van der Waals surface area contributed by atoms with Gasteiger partial charge in [-0.15, -0.1) is 0 Å². The van der Waals surface area contributed by atoms with Gasteiger partial charge in [-0.2, -0.15) is 0 Å². The number of nitrogens with zero attached hydrogens (tertiary/aromatic N) is 4. The van der Waals surface area contributed by atoms with Crippen LogP contribution in [0.1, 0.15) is 43.2 Å². The van der Waals surface area contributed by atoms with E-state index in [2.05, 4.69) is 180 Å². The monoisotopic (exact) mass is 834 g/mol. The molecule has 8 aromatic carbocycles. The van der Waals surface area contributed by atoms with Crippen molar-refractivity contribution in [3.05, 3.63) is 205 Å². The van der Waals surface area contributed by atoms with E-state index >= 15 is 0 Å². The van der Waals surface area contributed by atoms with E-state index in [1.54, 1.807) is 11.1 Å². The van der Waals surface area contributed by atoms with Crippen LogP contribution >= 0.6 is 0 Å². The van der Waals surface area contributed by atoms with Crippen molar-refractivity contribution in [3.8, 4) is 73.2 Å². The molecule has 4 saturated carbocycles. The Hall–Kier alpha value is -7.43. The first kappa shape index (κ1) is 37.0. The van der Waals surface area contributed by atoms with Crippen molar-refractivity contribution in [1.29, 1.82) is 0 Å². The highest BCUT2D eigenvalue weighted by atomic mass is 15.0. The van der Waals surface area contributed by atoms with Crippen molar-refractivity contribution in [2.75, 3.05) is 0 Å². The molecule has 310 valence electrons. The zero-order valence-electron chi connectivity index (χ0n) is 36.1. The molecule has 15 rings (SSSR count). The zero-order chi connectivity index (χ0) is 42.6. The Morgan fingerprint density at radius 2 is 0.815 bits per heavy atom. The van der Waals surface area contributed by atoms with Crippen molar-refractivity contribution in [2.45, 2.75) is 37.5 Å². The van der Waals surface area contributed by atoms with Gasteiger partial charge in [0.25, 0.3) is 0 Å². The van der Waals surface area contributed by atoms with Crippen LogP contribution < -0.4 is 0 Å². The lowest BCUT2D eigenvalue weighted by Gasteiger charge is -2.61. The maximum Gasteiger partial charge on any atom is 0.164 e. The summed E-state index contributed by atoms with van der Waals surface area (Å²) in [5.41, 5.74) is 17.6. The van der Waals surface area contributed by atoms with Crippen LogP contribution in [0.2, 0.25) is 0 Å². The minimum Gasteiger partial charge on any atom is -0.309 e. The van der Waals surface area contributed by atoms with Gasteiger partial charge in [0.15, 0.2) is 17.5 Å². The summed E-state index contributed by atoms with van der Waals surface area (Å²) >= 11 is 0. The van der Waals surface area contributed by atoms with Crippen LogP contribution in [0.25, 0.3) is 95.0 Å². The molecule has 4 nitrogen and oxygen atoms in total. The van der Waals surface area contributed by atoms with Crippen molar-refractivity contribution < 1.29 is 0 Å². The highest BCUT2D eigenvalue weighted by Crippen LogP contribution is 2.69. The molecular formula is C61H46N4. The van der Waals surface area contributed by atoms with E-state index in [1.165, 1.54) is 87.3 Å². The average Bonchev–Trinajstić information content (AvgIpc) is 3.86. The van der Waals surface area contributed by atoms with Gasteiger partial charge >= 0.3 is 0 Å². The molecule has 65 heavy (non-hydrogen) atoms. The summed E-state index contributed by atoms with van der Waals surface area (Å²) < 4.78 is 2.34. The molecular weight excluding hydrogens is 789 g/mol. The Balaban J connectivity index is 0.801. The second kappa shape index (κ2) is 14.3. The highest BCUT2D eigenvalue weighted by Gasteiger charge is 2.61. The topological polar surface area (TPSA) is 43.6 Å². The second-order valence-corrected chi connectivity index (χ2v) is 19.2. The SMILES string of the molecule is c1ccc(-c2nc(-c3ccc(-c4cccc(-c5ccc6c(c5)C5(c7ccccc7-6)C6CC7CC(C6)CC5C7)c4)cc3)nc(-c3ccc(-n4c5ccccc5c5ccccc54)cc3)n2)cc1. The third-order valence-corrected chi connectivity index (χ3v) is 15.9. The molecule has 2 aromatic heterocycles. The normalized spacial score (nSPS) is 21.3. The van der Waals surface area contributed by atoms with Gasteiger partial charge < -0.3 is 4.57 Å². The van der Waals surface area contributed by atoms with Crippen LogP contribution in [0.5, 0.6) is 0 Å². The first-order chi connectivity index (χ1) is 32.2. The first-order valence-corrected chi connectivity index (χ1v) is 23.5. The van der Waals surface area contributed by atoms with Gasteiger partial charge in [0.05, 0.1) is 11.0 Å². The molecule has 10 aromatic rings. The number of fused-ring (bicyclic) bond motifs is 6. The fraction of sp³-hybridized carbons (Fsp3) is 0.164. The van der Waals surface area contributed by atoms with Crippen LogP contribution in [-0.2, 0) is 5.41 Å². The summed E-state index contributed by atoms with van der Waals surface area (Å²) in [6, 6.07) is 70.7. The Labute approximate surface area is 379 Å². The third-order valence-electron chi connectivity index (χ3n) is 15.9. The fourth-order valence-electron chi connectivity index (χ4n) is 13.3. The first-order valence-electron chi connectivity index (χ1n) is 23.5. The number of hydrogen-bond acceptors (Lipinski definition) is 3. The lowest BCUT2D eigenvalue weighted by molar-refractivity contribution is -0.0399. The number of rotatable bonds is 6. The molecule has 5 aliphatic carbocycles. The van der Waals surface area contributed by atoms with E-state index in [4.69, 9.17) is 15.0 Å². The molecule has 0 saturated heterocycles. The van der Waals surface area contributed by atoms with E-state index in [9.17, 15) is 0 Å². The third kappa shape index (κ3) is 5.66. The minimum absolute atomic E-state index is 0.162. The maximum atomic E-state index is 5.13. The molecule has 0 N–H and O–H groups in total. The summed E-state index contributed by atoms with van der Waals surface area (Å²) in [5.74, 6) is 5.32. The molecule has 0 radical (unpaired) electrons. The summed E-state index contributed by atoms with van der Waals surface area (Å²) in [7, 11) is 0. The molecule has 4 fully saturated rings. The lowest BCUT2D eigenvalue weighted by atomic mass is 9.43. The summed E-state index contributed by atoms with van der Waals surface area (Å²) in [4.78, 5) is 15.2. The van der Waals surface area contributed by atoms with Gasteiger partial charge in [0, 0.05) is 38.6 Å². The summed E-state index contributed by atoms with van der Waals surface area (Å²) in [6.45, 7) is 0. The number of benzene rings is 8. The van der Waals surface area contributed by atoms with Gasteiger partial charge in [0.1, 0.15) is 0 Å². The average molecular weight is 835 g/mol. The molecule has 5 aliphatic rings. The van der Waals surface area contributed by atoms with Crippen LogP contribution in [0.15, 0.2) is 194 Å². The van der Waals surface area contributed by atoms with E-state index in [-0.39, 0.29) is 5.41 Å². The van der Waals surface area contributed by atoms with Crippen LogP contribution in [0.3, 0.4) is 0 Å². The minimum atomic E-state index is 0.162. The van der Waals surface area contributed by atoms with E-state index in [0.29, 0.717) is 17.5 Å². The molecule has 0 unspecified atom stereocenters. The predicted octanol–water partition coefficient (Wildman–Crippen LogP) is 15.0. The molecule has 0 atom stereocenters. The Kier molecular flexibility index (Phi) is 8.13. The quantitative estimate of drug-likeness (QED) is 0.168. The summed E-state index contributed by atoms with van der Waals surface area (Å²) in [6.07, 6.45) is 7.05. The van der Waals surface area contributed by atoms with Crippen molar-refractivity contribution in [3.63, 3.8) is 0 Å². The smallest absolute Gasteiger partial charge is 0.164 e. The zero-order valence-corrected chi connectivity index (χ0v) is 36.1. The Bertz CT molecular complexity index is 3410. The van der Waals surface area contributed by atoms with Crippen molar-refractivity contribution in [2.24, 2.45) is 23.7 Å². The number of hydrogen-bond donors (Lipinski definition) is 0. The largest absolute Gasteiger partial charge is 0.309 e. The van der Waals surface area contributed by atoms with E-state index in [0.717, 1.165) is 46.0 Å². The molecule has 1 spiro atoms. The molecule has 4 heteroatoms. The van der Waals surface area contributed by atoms with Crippen molar-refractivity contribution in [1.82, 2.24) is 19.5 Å². The lowest BCUT2D eigenvalue weighted by Crippen LogP contribution is -2.55. The molecule has 0 aliphatic heterocycles. The summed E-state index contributed by atoms with van der Waals surface area (Å²) in [5, 5.41) is 2.49. The van der Waals surface area contributed by atoms with Gasteiger partial charge in [-0.3, -0.25) is 0 Å². The Morgan fingerprint density at radius 3 is 1.46 bits per heavy atom. The standard InChI is InChI=1S/C61H46N4/c1-2-11-41(12-3-1)58-62-59(64-60(63-58)43-25-28-49(29-26-43)65-56-19-8-5-16-52(56)53-17-6-9-20-57(53)65)42-23-21-40(22-24-42)44-13-10-14-45(36-44)46-27-30-51-50-15-4-7-18-54(50)61(55(51)37-46)47-32-38-31-39(34-47)35-48(61)33-38/h1-30,36-39,47-48H,31-35H2. The second-order valence-electron chi connectivity index (χ2n) is 19.2. The van der Waals surface area contributed by atoms with Gasteiger partial charge in [0.2, 0.25) is 0 Å². The van der Waals surface area contributed by atoms with Gasteiger partial charge in [-0.25, -0.2) is 15.0 Å². The molecule has 0 amide bonds. The van der Waals surface area contributed by atoms with Crippen LogP contribution in [0, 0.1) is 23.7 Å².